The molecule has 0 saturated carbocycles. The highest BCUT2D eigenvalue weighted by molar-refractivity contribution is 7.99. The van der Waals surface area contributed by atoms with Crippen molar-refractivity contribution in [3.8, 4) is 0 Å². The Hall–Kier alpha value is -3.80. The fourth-order valence-corrected chi connectivity index (χ4v) is 2.73. The topological polar surface area (TPSA) is 151 Å². The van der Waals surface area contributed by atoms with Gasteiger partial charge in [-0.2, -0.15) is 10.1 Å². The molecular formula is C17H16N8O3S. The van der Waals surface area contributed by atoms with Crippen LogP contribution in [-0.4, -0.2) is 42.5 Å². The number of pyridine rings is 1. The molecule has 0 atom stereocenters. The van der Waals surface area contributed by atoms with E-state index in [1.165, 1.54) is 12.1 Å². The smallest absolute Gasteiger partial charge is 0.269 e. The molecule has 0 aliphatic carbocycles. The number of nitrogens with one attached hydrogen (secondary N) is 3. The molecule has 0 aliphatic rings. The van der Waals surface area contributed by atoms with E-state index in [1.807, 2.05) is 0 Å². The molecular weight excluding hydrogens is 396 g/mol. The van der Waals surface area contributed by atoms with E-state index in [-0.39, 0.29) is 17.3 Å². The van der Waals surface area contributed by atoms with Gasteiger partial charge < -0.3 is 5.32 Å². The molecule has 29 heavy (non-hydrogen) atoms. The number of rotatable bonds is 8. The highest BCUT2D eigenvalue weighted by Gasteiger charge is 2.09. The normalized spacial score (nSPS) is 11.1. The second-order valence-corrected chi connectivity index (χ2v) is 6.57. The minimum absolute atomic E-state index is 0.0125. The van der Waals surface area contributed by atoms with Crippen LogP contribution in [0.2, 0.25) is 0 Å². The third-order valence-corrected chi connectivity index (χ3v) is 4.40. The van der Waals surface area contributed by atoms with Crippen molar-refractivity contribution in [3.05, 3.63) is 64.3 Å². The van der Waals surface area contributed by atoms with E-state index in [0.29, 0.717) is 22.6 Å². The summed E-state index contributed by atoms with van der Waals surface area (Å²) in [6, 6.07) is 11.3. The largest absolute Gasteiger partial charge is 0.310 e. The molecule has 0 unspecified atom stereocenters. The van der Waals surface area contributed by atoms with Gasteiger partial charge in [0, 0.05) is 18.3 Å². The maximum absolute atomic E-state index is 11.9. The summed E-state index contributed by atoms with van der Waals surface area (Å²) in [6.45, 7) is 1.75. The number of anilines is 2. The van der Waals surface area contributed by atoms with Crippen LogP contribution in [0.25, 0.3) is 0 Å². The van der Waals surface area contributed by atoms with E-state index in [0.717, 1.165) is 17.3 Å². The third kappa shape index (κ3) is 5.84. The van der Waals surface area contributed by atoms with Crippen molar-refractivity contribution in [2.75, 3.05) is 16.5 Å². The van der Waals surface area contributed by atoms with Crippen LogP contribution in [0.1, 0.15) is 12.5 Å². The maximum Gasteiger partial charge on any atom is 0.269 e. The van der Waals surface area contributed by atoms with Gasteiger partial charge in [0.15, 0.2) is 0 Å². The molecule has 0 bridgehead atoms. The Balaban J connectivity index is 1.51. The minimum Gasteiger partial charge on any atom is -0.310 e. The fraction of sp³-hybridized carbons (Fsp3) is 0.118. The summed E-state index contributed by atoms with van der Waals surface area (Å²) in [4.78, 5) is 30.4. The molecule has 0 saturated heterocycles. The molecule has 3 N–H and O–H groups in total. The number of non-ortho nitro benzene ring substituents is 1. The SMILES string of the molecule is C/C(=N\Nc1nc(SCC(=O)Nc2ccccn2)n[nH]1)c1ccc([N+](=O)[O-])cc1. The molecule has 12 heteroatoms. The molecule has 1 amide bonds. The molecule has 11 nitrogen and oxygen atoms in total. The number of hydrogen-bond donors (Lipinski definition) is 3. The van der Waals surface area contributed by atoms with Gasteiger partial charge in [0.05, 0.1) is 16.4 Å². The second kappa shape index (κ2) is 9.41. The van der Waals surface area contributed by atoms with E-state index >= 15 is 0 Å². The number of aromatic nitrogens is 4. The molecule has 0 spiro atoms. The van der Waals surface area contributed by atoms with E-state index in [4.69, 9.17) is 0 Å². The fourth-order valence-electron chi connectivity index (χ4n) is 2.13. The quantitative estimate of drug-likeness (QED) is 0.221. The third-order valence-electron chi connectivity index (χ3n) is 3.56. The van der Waals surface area contributed by atoms with Gasteiger partial charge in [-0.05, 0) is 36.8 Å². The van der Waals surface area contributed by atoms with Crippen LogP contribution in [-0.2, 0) is 4.79 Å². The highest BCUT2D eigenvalue weighted by Crippen LogP contribution is 2.15. The number of hydrazone groups is 1. The number of carbonyl (C=O) groups is 1. The van der Waals surface area contributed by atoms with Crippen LogP contribution >= 0.6 is 11.8 Å². The number of benzene rings is 1. The van der Waals surface area contributed by atoms with Gasteiger partial charge >= 0.3 is 0 Å². The van der Waals surface area contributed by atoms with Gasteiger partial charge in [-0.1, -0.05) is 17.8 Å². The predicted molar refractivity (Wildman–Crippen MR) is 109 cm³/mol. The van der Waals surface area contributed by atoms with E-state index in [1.54, 1.807) is 43.5 Å². The standard InChI is InChI=1S/C17H16N8O3S/c1-11(12-5-7-13(8-6-12)25(27)28)21-22-16-20-17(24-23-16)29-10-15(26)19-14-4-2-3-9-18-14/h2-9H,10H2,1H3,(H,18,19,26)(H2,20,22,23,24)/b21-11+. The Labute approximate surface area is 169 Å². The zero-order valence-electron chi connectivity index (χ0n) is 15.2. The number of thioether (sulfide) groups is 1. The first-order chi connectivity index (χ1) is 14.0. The van der Waals surface area contributed by atoms with Gasteiger partial charge in [0.25, 0.3) is 5.69 Å². The van der Waals surface area contributed by atoms with Crippen molar-refractivity contribution < 1.29 is 9.72 Å². The number of hydrogen-bond acceptors (Lipinski definition) is 9. The van der Waals surface area contributed by atoms with Gasteiger partial charge in [-0.15, -0.1) is 5.10 Å². The monoisotopic (exact) mass is 412 g/mol. The number of nitro groups is 1. The lowest BCUT2D eigenvalue weighted by molar-refractivity contribution is -0.384. The zero-order chi connectivity index (χ0) is 20.6. The van der Waals surface area contributed by atoms with Crippen LogP contribution in [0.15, 0.2) is 58.9 Å². The second-order valence-electron chi connectivity index (χ2n) is 5.63. The number of amides is 1. The number of H-pyrrole nitrogens is 1. The first-order valence-electron chi connectivity index (χ1n) is 8.32. The van der Waals surface area contributed by atoms with Crippen molar-refractivity contribution >= 4 is 40.8 Å². The summed E-state index contributed by atoms with van der Waals surface area (Å²) in [6.07, 6.45) is 1.59. The zero-order valence-corrected chi connectivity index (χ0v) is 16.0. The van der Waals surface area contributed by atoms with Crippen molar-refractivity contribution in [2.24, 2.45) is 5.10 Å². The average molecular weight is 412 g/mol. The van der Waals surface area contributed by atoms with Crippen LogP contribution in [0.4, 0.5) is 17.5 Å². The molecule has 1 aromatic carbocycles. The van der Waals surface area contributed by atoms with Crippen LogP contribution in [0.3, 0.4) is 0 Å². The van der Waals surface area contributed by atoms with Gasteiger partial charge in [0.1, 0.15) is 5.82 Å². The molecule has 0 aliphatic heterocycles. The predicted octanol–water partition coefficient (Wildman–Crippen LogP) is 2.67. The summed E-state index contributed by atoms with van der Waals surface area (Å²) in [7, 11) is 0. The van der Waals surface area contributed by atoms with Crippen molar-refractivity contribution in [1.29, 1.82) is 0 Å². The lowest BCUT2D eigenvalue weighted by Crippen LogP contribution is -2.14. The van der Waals surface area contributed by atoms with Crippen LogP contribution in [0, 0.1) is 10.1 Å². The molecule has 148 valence electrons. The Bertz CT molecular complexity index is 1020. The number of nitro benzene ring substituents is 1. The van der Waals surface area contributed by atoms with Gasteiger partial charge in [-0.25, -0.2) is 15.5 Å². The summed E-state index contributed by atoms with van der Waals surface area (Å²) in [5.41, 5.74) is 4.08. The van der Waals surface area contributed by atoms with Crippen molar-refractivity contribution in [2.45, 2.75) is 12.1 Å². The Morgan fingerprint density at radius 1 is 1.28 bits per heavy atom. The van der Waals surface area contributed by atoms with Crippen molar-refractivity contribution in [1.82, 2.24) is 20.2 Å². The van der Waals surface area contributed by atoms with Crippen molar-refractivity contribution in [3.63, 3.8) is 0 Å². The molecule has 3 aromatic rings. The van der Waals surface area contributed by atoms with E-state index in [2.05, 4.69) is 36.0 Å². The first-order valence-corrected chi connectivity index (χ1v) is 9.31. The van der Waals surface area contributed by atoms with Gasteiger partial charge in [0.2, 0.25) is 17.0 Å². The Kier molecular flexibility index (Phi) is 6.47. The highest BCUT2D eigenvalue weighted by atomic mass is 32.2. The van der Waals surface area contributed by atoms with E-state index < -0.39 is 4.92 Å². The summed E-state index contributed by atoms with van der Waals surface area (Å²) >= 11 is 1.16. The molecule has 0 radical (unpaired) electrons. The summed E-state index contributed by atoms with van der Waals surface area (Å²) < 4.78 is 0. The first kappa shape index (κ1) is 19.9. The molecule has 2 heterocycles. The number of carbonyl (C=O) groups excluding carboxylic acids is 1. The Morgan fingerprint density at radius 2 is 2.07 bits per heavy atom. The summed E-state index contributed by atoms with van der Waals surface area (Å²) in [5, 5.41) is 24.6. The Morgan fingerprint density at radius 3 is 2.76 bits per heavy atom. The van der Waals surface area contributed by atoms with Crippen LogP contribution < -0.4 is 10.7 Å². The molecule has 0 fully saturated rings. The lowest BCUT2D eigenvalue weighted by Gasteiger charge is -2.02. The molecule has 3 rings (SSSR count). The number of aromatic amines is 1. The summed E-state index contributed by atoms with van der Waals surface area (Å²) in [5.74, 6) is 0.685. The number of nitrogens with zero attached hydrogens (tertiary/aromatic N) is 5. The van der Waals surface area contributed by atoms with Gasteiger partial charge in [-0.3, -0.25) is 14.9 Å². The average Bonchev–Trinajstić information content (AvgIpc) is 3.19. The maximum atomic E-state index is 11.9. The molecule has 2 aromatic heterocycles. The van der Waals surface area contributed by atoms with Crippen LogP contribution in [0.5, 0.6) is 0 Å². The lowest BCUT2D eigenvalue weighted by atomic mass is 10.1. The van der Waals surface area contributed by atoms with E-state index in [9.17, 15) is 14.9 Å². The minimum atomic E-state index is -0.459.